The third-order valence-electron chi connectivity index (χ3n) is 6.92. The average molecular weight is 578 g/mol. The summed E-state index contributed by atoms with van der Waals surface area (Å²) in [6.45, 7) is 5.09. The van der Waals surface area contributed by atoms with E-state index < -0.39 is 28.2 Å². The molecule has 13 heteroatoms. The second-order valence-corrected chi connectivity index (χ2v) is 12.2. The van der Waals surface area contributed by atoms with E-state index in [1.165, 1.54) is 12.1 Å². The first-order chi connectivity index (χ1) is 19.0. The van der Waals surface area contributed by atoms with Crippen LogP contribution in [0.2, 0.25) is 0 Å². The maximum atomic E-state index is 13.1. The Balaban J connectivity index is 1.47. The molecule has 2 aromatic carbocycles. The highest BCUT2D eigenvalue weighted by molar-refractivity contribution is 8.24. The summed E-state index contributed by atoms with van der Waals surface area (Å²) in [6, 6.07) is 11.4. The Kier molecular flexibility index (Phi) is 7.91. The number of hydrogen-bond donors (Lipinski definition) is 3. The van der Waals surface area contributed by atoms with Gasteiger partial charge in [-0.05, 0) is 42.8 Å². The highest BCUT2D eigenvalue weighted by Gasteiger charge is 2.30. The van der Waals surface area contributed by atoms with Gasteiger partial charge >= 0.3 is 6.18 Å². The molecule has 3 heterocycles. The van der Waals surface area contributed by atoms with Gasteiger partial charge in [-0.1, -0.05) is 12.1 Å². The monoisotopic (exact) mass is 577 g/mol. The highest BCUT2D eigenvalue weighted by atomic mass is 32.3. The topological polar surface area (TPSA) is 111 Å². The van der Waals surface area contributed by atoms with E-state index in [0.29, 0.717) is 62.4 Å². The molecule has 40 heavy (non-hydrogen) atoms. The summed E-state index contributed by atoms with van der Waals surface area (Å²) in [5, 5.41) is 2.56. The Morgan fingerprint density at radius 1 is 0.975 bits per heavy atom. The van der Waals surface area contributed by atoms with Crippen molar-refractivity contribution in [1.82, 2.24) is 9.97 Å². The Morgan fingerprint density at radius 3 is 2.40 bits per heavy atom. The van der Waals surface area contributed by atoms with Crippen LogP contribution in [0.3, 0.4) is 0 Å². The number of carbonyl (C=O) groups is 1. The van der Waals surface area contributed by atoms with E-state index in [2.05, 4.69) is 10.2 Å². The van der Waals surface area contributed by atoms with Crippen LogP contribution in [0.25, 0.3) is 11.3 Å². The highest BCUT2D eigenvalue weighted by Crippen LogP contribution is 2.41. The molecule has 0 unspecified atom stereocenters. The first-order valence-corrected chi connectivity index (χ1v) is 14.7. The van der Waals surface area contributed by atoms with E-state index in [4.69, 9.17) is 14.7 Å². The van der Waals surface area contributed by atoms with Crippen LogP contribution in [0.5, 0.6) is 0 Å². The van der Waals surface area contributed by atoms with Crippen molar-refractivity contribution in [1.29, 1.82) is 0 Å². The Hall–Kier alpha value is -3.39. The van der Waals surface area contributed by atoms with E-state index in [-0.39, 0.29) is 22.8 Å². The second kappa shape index (κ2) is 11.2. The van der Waals surface area contributed by atoms with E-state index in [9.17, 15) is 27.1 Å². The number of nitrogens with one attached hydrogen (secondary N) is 1. The van der Waals surface area contributed by atoms with Gasteiger partial charge in [0.15, 0.2) is 0 Å². The molecule has 3 N–H and O–H groups in total. The molecule has 0 aliphatic carbocycles. The second-order valence-electron chi connectivity index (χ2n) is 9.77. The molecule has 0 bridgehead atoms. The zero-order valence-corrected chi connectivity index (χ0v) is 22.6. The molecular weight excluding hydrogens is 547 g/mol. The summed E-state index contributed by atoms with van der Waals surface area (Å²) in [6.07, 6.45) is -4.52. The van der Waals surface area contributed by atoms with E-state index in [1.54, 1.807) is 18.2 Å². The van der Waals surface area contributed by atoms with Crippen LogP contribution in [-0.4, -0.2) is 75.9 Å². The molecule has 5 rings (SSSR count). The molecule has 214 valence electrons. The van der Waals surface area contributed by atoms with Crippen molar-refractivity contribution in [3.63, 3.8) is 0 Å². The Bertz CT molecular complexity index is 1390. The minimum Gasteiger partial charge on any atom is -0.378 e. The largest absolute Gasteiger partial charge is 0.416 e. The number of aromatic nitrogens is 2. The number of aryl methyl sites for hydroxylation is 1. The average Bonchev–Trinajstić information content (AvgIpc) is 2.93. The molecule has 2 saturated heterocycles. The van der Waals surface area contributed by atoms with Gasteiger partial charge in [-0.25, -0.2) is 4.98 Å². The van der Waals surface area contributed by atoms with E-state index in [1.807, 2.05) is 17.9 Å². The third kappa shape index (κ3) is 6.49. The molecule has 1 amide bonds. The van der Waals surface area contributed by atoms with Crippen molar-refractivity contribution in [2.75, 3.05) is 66.0 Å². The van der Waals surface area contributed by atoms with Gasteiger partial charge in [0, 0.05) is 49.1 Å². The maximum absolute atomic E-state index is 13.1. The number of carbonyl (C=O) groups excluding carboxylic acids is 1. The lowest BCUT2D eigenvalue weighted by Gasteiger charge is -2.41. The van der Waals surface area contributed by atoms with Crippen LogP contribution in [-0.2, 0) is 10.9 Å². The fraction of sp³-hybridized carbons (Fsp3) is 0.370. The molecule has 0 spiro atoms. The summed E-state index contributed by atoms with van der Waals surface area (Å²) in [5.41, 5.74) is 1.56. The van der Waals surface area contributed by atoms with Gasteiger partial charge in [0.2, 0.25) is 5.95 Å². The maximum Gasteiger partial charge on any atom is 0.416 e. The lowest BCUT2D eigenvalue weighted by atomic mass is 10.0. The Labute approximate surface area is 231 Å². The number of anilines is 3. The number of amides is 1. The van der Waals surface area contributed by atoms with Crippen LogP contribution in [0, 0.1) is 6.92 Å². The molecule has 0 radical (unpaired) electrons. The van der Waals surface area contributed by atoms with Gasteiger partial charge in [0.1, 0.15) is 5.82 Å². The normalized spacial score (nSPS) is 18.4. The zero-order chi connectivity index (χ0) is 28.5. The number of morpholine rings is 1. The molecule has 0 atom stereocenters. The fourth-order valence-electron chi connectivity index (χ4n) is 4.60. The van der Waals surface area contributed by atoms with E-state index in [0.717, 1.165) is 17.7 Å². The lowest BCUT2D eigenvalue weighted by molar-refractivity contribution is -0.137. The first kappa shape index (κ1) is 28.1. The number of halogens is 3. The summed E-state index contributed by atoms with van der Waals surface area (Å²) in [7, 11) is -2.61. The van der Waals surface area contributed by atoms with Crippen molar-refractivity contribution < 1.29 is 31.8 Å². The first-order valence-electron chi connectivity index (χ1n) is 12.8. The zero-order valence-electron chi connectivity index (χ0n) is 21.8. The van der Waals surface area contributed by atoms with Crippen LogP contribution in [0.1, 0.15) is 21.5 Å². The van der Waals surface area contributed by atoms with Crippen LogP contribution < -0.4 is 15.1 Å². The van der Waals surface area contributed by atoms with Crippen molar-refractivity contribution in [2.45, 2.75) is 13.1 Å². The van der Waals surface area contributed by atoms with Crippen LogP contribution in [0.15, 0.2) is 48.5 Å². The SMILES string of the molecule is Cc1ccc(C(=O)Nc2cccc(C(F)(F)F)c2)cc1-c1cc(N2CCOCC2)nc(N2CCS(O)(O)CC2)n1. The minimum absolute atomic E-state index is 0.0388. The molecule has 1 aromatic heterocycles. The smallest absolute Gasteiger partial charge is 0.378 e. The predicted octanol–water partition coefficient (Wildman–Crippen LogP) is 5.13. The number of ether oxygens (including phenoxy) is 1. The van der Waals surface area contributed by atoms with Gasteiger partial charge in [-0.3, -0.25) is 13.9 Å². The number of rotatable bonds is 5. The molecule has 2 aliphatic heterocycles. The van der Waals surface area contributed by atoms with Gasteiger partial charge in [-0.2, -0.15) is 28.7 Å². The molecule has 3 aromatic rings. The summed E-state index contributed by atoms with van der Waals surface area (Å²) < 4.78 is 65.0. The van der Waals surface area contributed by atoms with Crippen molar-refractivity contribution in [3.8, 4) is 11.3 Å². The standard InChI is InChI=1S/C27H30F3N5O4S/c1-18-5-6-19(25(36)31-21-4-2-3-20(16-21)27(28,29)30)15-22(18)23-17-24(34-7-11-39-12-8-34)33-26(32-23)35-9-13-40(37,38)14-10-35/h2-6,15-17,37-38H,7-14H2,1H3,(H,31,36). The number of hydrogen-bond acceptors (Lipinski definition) is 8. The molecule has 2 fully saturated rings. The van der Waals surface area contributed by atoms with Gasteiger partial charge < -0.3 is 19.9 Å². The summed E-state index contributed by atoms with van der Waals surface area (Å²) in [4.78, 5) is 26.7. The quantitative estimate of drug-likeness (QED) is 0.383. The fourth-order valence-corrected chi connectivity index (χ4v) is 5.83. The molecule has 2 aliphatic rings. The summed E-state index contributed by atoms with van der Waals surface area (Å²) >= 11 is 0. The number of alkyl halides is 3. The molecule has 9 nitrogen and oxygen atoms in total. The molecule has 0 saturated carbocycles. The van der Waals surface area contributed by atoms with Crippen molar-refractivity contribution in [2.24, 2.45) is 0 Å². The van der Waals surface area contributed by atoms with Crippen molar-refractivity contribution in [3.05, 3.63) is 65.2 Å². The Morgan fingerprint density at radius 2 is 1.70 bits per heavy atom. The van der Waals surface area contributed by atoms with Crippen LogP contribution in [0.4, 0.5) is 30.6 Å². The summed E-state index contributed by atoms with van der Waals surface area (Å²) in [5.74, 6) is 1.06. The lowest BCUT2D eigenvalue weighted by Crippen LogP contribution is -2.40. The van der Waals surface area contributed by atoms with Gasteiger partial charge in [-0.15, -0.1) is 0 Å². The number of nitrogens with zero attached hydrogens (tertiary/aromatic N) is 4. The van der Waals surface area contributed by atoms with Gasteiger partial charge in [0.25, 0.3) is 5.91 Å². The molecular formula is C27H30F3N5O4S. The predicted molar refractivity (Wildman–Crippen MR) is 149 cm³/mol. The van der Waals surface area contributed by atoms with Gasteiger partial charge in [0.05, 0.1) is 36.0 Å². The minimum atomic E-state index is -4.52. The number of benzene rings is 2. The third-order valence-corrected chi connectivity index (χ3v) is 8.59. The van der Waals surface area contributed by atoms with Crippen molar-refractivity contribution >= 4 is 34.0 Å². The van der Waals surface area contributed by atoms with E-state index >= 15 is 0 Å². The van der Waals surface area contributed by atoms with Crippen LogP contribution >= 0.6 is 10.6 Å².